The SMILES string of the molecule is N=Cc1nc(NCc2ccc(Cl)c(Cl)c2)[nH]c(=O)c1NC1CCOCC1. The normalized spacial score (nSPS) is 14.8. The zero-order chi connectivity index (χ0) is 18.5. The summed E-state index contributed by atoms with van der Waals surface area (Å²) in [6.07, 6.45) is 2.70. The number of anilines is 2. The van der Waals surface area contributed by atoms with Gasteiger partial charge in [0.05, 0.1) is 10.0 Å². The van der Waals surface area contributed by atoms with Crippen LogP contribution in [0.3, 0.4) is 0 Å². The average Bonchev–Trinajstić information content (AvgIpc) is 2.65. The van der Waals surface area contributed by atoms with Crippen molar-refractivity contribution in [2.24, 2.45) is 0 Å². The maximum Gasteiger partial charge on any atom is 0.276 e. The van der Waals surface area contributed by atoms with E-state index in [2.05, 4.69) is 20.6 Å². The Labute approximate surface area is 160 Å². The number of aromatic nitrogens is 2. The highest BCUT2D eigenvalue weighted by atomic mass is 35.5. The molecule has 1 aliphatic heterocycles. The Morgan fingerprint density at radius 1 is 1.31 bits per heavy atom. The summed E-state index contributed by atoms with van der Waals surface area (Å²) in [7, 11) is 0. The molecule has 1 fully saturated rings. The molecule has 9 heteroatoms. The molecule has 2 heterocycles. The van der Waals surface area contributed by atoms with Crippen LogP contribution in [0.25, 0.3) is 0 Å². The Balaban J connectivity index is 1.74. The molecule has 3 rings (SSSR count). The van der Waals surface area contributed by atoms with E-state index < -0.39 is 0 Å². The average molecular weight is 396 g/mol. The highest BCUT2D eigenvalue weighted by Gasteiger charge is 2.18. The quantitative estimate of drug-likeness (QED) is 0.562. The van der Waals surface area contributed by atoms with Crippen LogP contribution in [0.15, 0.2) is 23.0 Å². The van der Waals surface area contributed by atoms with Gasteiger partial charge < -0.3 is 20.8 Å². The third-order valence-corrected chi connectivity index (χ3v) is 4.84. The molecular formula is C17H19Cl2N5O2. The molecule has 0 saturated carbocycles. The number of H-pyrrole nitrogens is 1. The first-order valence-electron chi connectivity index (χ1n) is 8.23. The number of hydrogen-bond acceptors (Lipinski definition) is 6. The molecule has 0 atom stereocenters. The van der Waals surface area contributed by atoms with Gasteiger partial charge in [0.25, 0.3) is 5.56 Å². The fourth-order valence-electron chi connectivity index (χ4n) is 2.70. The molecule has 7 nitrogen and oxygen atoms in total. The maximum atomic E-state index is 12.4. The van der Waals surface area contributed by atoms with Gasteiger partial charge in [-0.2, -0.15) is 0 Å². The number of nitrogens with one attached hydrogen (secondary N) is 4. The van der Waals surface area contributed by atoms with E-state index >= 15 is 0 Å². The maximum absolute atomic E-state index is 12.4. The number of hydrogen-bond donors (Lipinski definition) is 4. The summed E-state index contributed by atoms with van der Waals surface area (Å²) >= 11 is 11.9. The molecule has 26 heavy (non-hydrogen) atoms. The van der Waals surface area contributed by atoms with Crippen LogP contribution in [-0.4, -0.2) is 35.4 Å². The summed E-state index contributed by atoms with van der Waals surface area (Å²) in [6.45, 7) is 1.72. The summed E-state index contributed by atoms with van der Waals surface area (Å²) in [5, 5.41) is 14.7. The van der Waals surface area contributed by atoms with E-state index in [1.807, 2.05) is 6.07 Å². The second-order valence-electron chi connectivity index (χ2n) is 5.95. The number of rotatable bonds is 6. The zero-order valence-corrected chi connectivity index (χ0v) is 15.5. The number of aromatic amines is 1. The first-order chi connectivity index (χ1) is 12.6. The van der Waals surface area contributed by atoms with E-state index in [0.717, 1.165) is 24.6 Å². The second-order valence-corrected chi connectivity index (χ2v) is 6.77. The molecule has 0 unspecified atom stereocenters. The Bertz CT molecular complexity index is 850. The Kier molecular flexibility index (Phi) is 6.13. The molecule has 1 aromatic heterocycles. The molecule has 0 spiro atoms. The van der Waals surface area contributed by atoms with E-state index in [1.165, 1.54) is 0 Å². The van der Waals surface area contributed by atoms with E-state index in [0.29, 0.717) is 35.5 Å². The second kappa shape index (κ2) is 8.53. The first-order valence-corrected chi connectivity index (χ1v) is 8.99. The predicted molar refractivity (Wildman–Crippen MR) is 104 cm³/mol. The molecule has 138 valence electrons. The van der Waals surface area contributed by atoms with Gasteiger partial charge in [-0.15, -0.1) is 0 Å². The fourth-order valence-corrected chi connectivity index (χ4v) is 3.02. The van der Waals surface area contributed by atoms with Crippen molar-refractivity contribution in [2.75, 3.05) is 23.8 Å². The van der Waals surface area contributed by atoms with E-state index in [4.69, 9.17) is 33.3 Å². The zero-order valence-electron chi connectivity index (χ0n) is 13.9. The van der Waals surface area contributed by atoms with E-state index in [9.17, 15) is 4.79 Å². The van der Waals surface area contributed by atoms with Gasteiger partial charge in [-0.05, 0) is 30.5 Å². The smallest absolute Gasteiger partial charge is 0.276 e. The van der Waals surface area contributed by atoms with Gasteiger partial charge in [-0.25, -0.2) is 4.98 Å². The lowest BCUT2D eigenvalue weighted by atomic mass is 10.1. The predicted octanol–water partition coefficient (Wildman–Crippen LogP) is 3.28. The van der Waals surface area contributed by atoms with Gasteiger partial charge in [0, 0.05) is 32.0 Å². The monoisotopic (exact) mass is 395 g/mol. The van der Waals surface area contributed by atoms with Crippen LogP contribution < -0.4 is 16.2 Å². The van der Waals surface area contributed by atoms with Gasteiger partial charge in [0.2, 0.25) is 5.95 Å². The van der Waals surface area contributed by atoms with E-state index in [-0.39, 0.29) is 23.2 Å². The summed E-state index contributed by atoms with van der Waals surface area (Å²) in [5.41, 5.74) is 1.17. The fraction of sp³-hybridized carbons (Fsp3) is 0.353. The van der Waals surface area contributed by atoms with Gasteiger partial charge >= 0.3 is 0 Å². The van der Waals surface area contributed by atoms with Crippen LogP contribution in [0, 0.1) is 5.41 Å². The van der Waals surface area contributed by atoms with Crippen LogP contribution >= 0.6 is 23.2 Å². The molecule has 0 radical (unpaired) electrons. The molecule has 1 aromatic carbocycles. The largest absolute Gasteiger partial charge is 0.381 e. The highest BCUT2D eigenvalue weighted by molar-refractivity contribution is 6.42. The third-order valence-electron chi connectivity index (χ3n) is 4.10. The van der Waals surface area contributed by atoms with Crippen molar-refractivity contribution in [3.05, 3.63) is 49.9 Å². The molecule has 0 amide bonds. The van der Waals surface area contributed by atoms with Crippen LogP contribution in [-0.2, 0) is 11.3 Å². The van der Waals surface area contributed by atoms with Crippen LogP contribution in [0.2, 0.25) is 10.0 Å². The minimum Gasteiger partial charge on any atom is -0.381 e. The molecular weight excluding hydrogens is 377 g/mol. The Hall–Kier alpha value is -2.09. The number of benzene rings is 1. The van der Waals surface area contributed by atoms with Crippen LogP contribution in [0.4, 0.5) is 11.6 Å². The molecule has 0 bridgehead atoms. The lowest BCUT2D eigenvalue weighted by Crippen LogP contribution is -2.32. The number of nitrogens with zero attached hydrogens (tertiary/aromatic N) is 1. The molecule has 4 N–H and O–H groups in total. The highest BCUT2D eigenvalue weighted by Crippen LogP contribution is 2.23. The van der Waals surface area contributed by atoms with Crippen LogP contribution in [0.1, 0.15) is 24.1 Å². The molecule has 1 saturated heterocycles. The van der Waals surface area contributed by atoms with Gasteiger partial charge in [-0.3, -0.25) is 9.78 Å². The lowest BCUT2D eigenvalue weighted by Gasteiger charge is -2.24. The number of halogens is 2. The topological polar surface area (TPSA) is 103 Å². The summed E-state index contributed by atoms with van der Waals surface area (Å²) in [4.78, 5) is 19.4. The minimum absolute atomic E-state index is 0.139. The third kappa shape index (κ3) is 4.55. The van der Waals surface area contributed by atoms with Crippen molar-refractivity contribution in [1.29, 1.82) is 5.41 Å². The summed E-state index contributed by atoms with van der Waals surface area (Å²) in [5.74, 6) is 0.289. The van der Waals surface area contributed by atoms with Crippen molar-refractivity contribution in [1.82, 2.24) is 9.97 Å². The van der Waals surface area contributed by atoms with Crippen molar-refractivity contribution >= 4 is 41.1 Å². The standard InChI is InChI=1S/C17H19Cl2N5O2/c18-12-2-1-10(7-13(12)19)9-21-17-23-14(8-20)15(16(25)24-17)22-11-3-5-26-6-4-11/h1-2,7-8,11,20,22H,3-6,9H2,(H2,21,23,24,25). The summed E-state index contributed by atoms with van der Waals surface area (Å²) < 4.78 is 5.32. The van der Waals surface area contributed by atoms with Gasteiger partial charge in [0.1, 0.15) is 11.4 Å². The molecule has 1 aliphatic rings. The summed E-state index contributed by atoms with van der Waals surface area (Å²) in [6, 6.07) is 5.42. The van der Waals surface area contributed by atoms with Gasteiger partial charge in [-0.1, -0.05) is 29.3 Å². The Morgan fingerprint density at radius 2 is 2.08 bits per heavy atom. The van der Waals surface area contributed by atoms with E-state index in [1.54, 1.807) is 12.1 Å². The Morgan fingerprint density at radius 3 is 2.77 bits per heavy atom. The molecule has 0 aliphatic carbocycles. The van der Waals surface area contributed by atoms with Crippen LogP contribution in [0.5, 0.6) is 0 Å². The first kappa shape index (κ1) is 18.7. The van der Waals surface area contributed by atoms with Crippen molar-refractivity contribution in [2.45, 2.75) is 25.4 Å². The number of ether oxygens (including phenoxy) is 1. The lowest BCUT2D eigenvalue weighted by molar-refractivity contribution is 0.0904. The van der Waals surface area contributed by atoms with Crippen molar-refractivity contribution in [3.8, 4) is 0 Å². The molecule has 2 aromatic rings. The minimum atomic E-state index is -0.318. The van der Waals surface area contributed by atoms with Crippen molar-refractivity contribution in [3.63, 3.8) is 0 Å². The van der Waals surface area contributed by atoms with Crippen molar-refractivity contribution < 1.29 is 4.74 Å². The van der Waals surface area contributed by atoms with Gasteiger partial charge in [0.15, 0.2) is 0 Å².